The highest BCUT2D eigenvalue weighted by molar-refractivity contribution is 5.93. The smallest absolute Gasteiger partial charge is 0.232 e. The molecule has 0 saturated carbocycles. The van der Waals surface area contributed by atoms with Crippen molar-refractivity contribution in [2.45, 2.75) is 31.2 Å². The summed E-state index contributed by atoms with van der Waals surface area (Å²) in [4.78, 5) is 14.3. The highest BCUT2D eigenvalue weighted by Gasteiger charge is 2.48. The molecule has 2 aromatic rings. The second kappa shape index (κ2) is 4.09. The van der Waals surface area contributed by atoms with Crippen LogP contribution in [0, 0.1) is 0 Å². The van der Waals surface area contributed by atoms with Crippen molar-refractivity contribution < 1.29 is 4.79 Å². The van der Waals surface area contributed by atoms with Crippen LogP contribution in [0.3, 0.4) is 0 Å². The molecule has 2 aliphatic heterocycles. The summed E-state index contributed by atoms with van der Waals surface area (Å²) in [5, 5.41) is 2.49. The van der Waals surface area contributed by atoms with E-state index in [-0.39, 0.29) is 5.92 Å². The number of nitrogens with zero attached hydrogens (tertiary/aromatic N) is 1. The van der Waals surface area contributed by atoms with Crippen LogP contribution >= 0.6 is 0 Å². The number of benzene rings is 2. The van der Waals surface area contributed by atoms with Gasteiger partial charge in [0.2, 0.25) is 5.91 Å². The molecule has 0 unspecified atom stereocenters. The molecule has 2 saturated heterocycles. The van der Waals surface area contributed by atoms with Crippen molar-refractivity contribution in [1.29, 1.82) is 0 Å². The van der Waals surface area contributed by atoms with Gasteiger partial charge in [0.1, 0.15) is 0 Å². The van der Waals surface area contributed by atoms with Crippen LogP contribution in [-0.4, -0.2) is 23.4 Å². The summed E-state index contributed by atoms with van der Waals surface area (Å²) in [6.45, 7) is 0.966. The molecular formula is C17H17NO. The molecule has 0 radical (unpaired) electrons. The van der Waals surface area contributed by atoms with Gasteiger partial charge < -0.3 is 4.90 Å². The Labute approximate surface area is 113 Å². The molecule has 0 aromatic heterocycles. The molecule has 0 N–H and O–H groups in total. The fourth-order valence-electron chi connectivity index (χ4n) is 3.60. The monoisotopic (exact) mass is 251 g/mol. The lowest BCUT2D eigenvalue weighted by Gasteiger charge is -2.50. The Balaban J connectivity index is 1.72. The summed E-state index contributed by atoms with van der Waals surface area (Å²) >= 11 is 0. The fraction of sp³-hybridized carbons (Fsp3) is 0.353. The van der Waals surface area contributed by atoms with E-state index in [1.165, 1.54) is 35.6 Å². The SMILES string of the molecule is O=C1[C@@H](c2ccc3ccccc3c2)[C@H]2CCCCN12. The minimum atomic E-state index is 0.116. The molecule has 1 amide bonds. The molecule has 0 bridgehead atoms. The number of rotatable bonds is 1. The van der Waals surface area contributed by atoms with Crippen molar-refractivity contribution in [2.75, 3.05) is 6.54 Å². The first kappa shape index (κ1) is 11.0. The summed E-state index contributed by atoms with van der Waals surface area (Å²) in [6, 6.07) is 15.3. The molecule has 96 valence electrons. The van der Waals surface area contributed by atoms with Crippen molar-refractivity contribution in [2.24, 2.45) is 0 Å². The van der Waals surface area contributed by atoms with Crippen LogP contribution in [0.2, 0.25) is 0 Å². The maximum atomic E-state index is 12.3. The lowest BCUT2D eigenvalue weighted by atomic mass is 9.76. The Morgan fingerprint density at radius 3 is 2.74 bits per heavy atom. The Morgan fingerprint density at radius 2 is 1.84 bits per heavy atom. The third-order valence-corrected chi connectivity index (χ3v) is 4.62. The van der Waals surface area contributed by atoms with E-state index >= 15 is 0 Å². The summed E-state index contributed by atoms with van der Waals surface area (Å²) in [5.74, 6) is 0.449. The van der Waals surface area contributed by atoms with E-state index in [4.69, 9.17) is 0 Å². The van der Waals surface area contributed by atoms with Crippen molar-refractivity contribution in [3.05, 3.63) is 48.0 Å². The second-order valence-corrected chi connectivity index (χ2v) is 5.68. The summed E-state index contributed by atoms with van der Waals surface area (Å²) in [5.41, 5.74) is 1.20. The zero-order chi connectivity index (χ0) is 12.8. The molecule has 2 nitrogen and oxygen atoms in total. The van der Waals surface area contributed by atoms with E-state index in [1.807, 2.05) is 0 Å². The lowest BCUT2D eigenvalue weighted by Crippen LogP contribution is -2.60. The maximum Gasteiger partial charge on any atom is 0.232 e. The Morgan fingerprint density at radius 1 is 1.00 bits per heavy atom. The number of hydrogen-bond donors (Lipinski definition) is 0. The number of fused-ring (bicyclic) bond motifs is 2. The second-order valence-electron chi connectivity index (χ2n) is 5.68. The number of carbonyl (C=O) groups excluding carboxylic acids is 1. The van der Waals surface area contributed by atoms with Gasteiger partial charge in [0.15, 0.2) is 0 Å². The topological polar surface area (TPSA) is 20.3 Å². The first-order valence-electron chi connectivity index (χ1n) is 7.14. The lowest BCUT2D eigenvalue weighted by molar-refractivity contribution is -0.152. The predicted octanol–water partition coefficient (Wildman–Crippen LogP) is 3.32. The van der Waals surface area contributed by atoms with Crippen LogP contribution in [0.5, 0.6) is 0 Å². The summed E-state index contributed by atoms with van der Waals surface area (Å²) < 4.78 is 0. The third-order valence-electron chi connectivity index (χ3n) is 4.62. The van der Waals surface area contributed by atoms with Gasteiger partial charge in [0.25, 0.3) is 0 Å². The normalized spacial score (nSPS) is 26.1. The third kappa shape index (κ3) is 1.59. The molecular weight excluding hydrogens is 234 g/mol. The minimum Gasteiger partial charge on any atom is -0.338 e. The molecule has 2 atom stereocenters. The summed E-state index contributed by atoms with van der Waals surface area (Å²) in [7, 11) is 0. The van der Waals surface area contributed by atoms with Crippen molar-refractivity contribution >= 4 is 16.7 Å². The average molecular weight is 251 g/mol. The molecule has 2 aromatic carbocycles. The number of piperidine rings is 1. The minimum absolute atomic E-state index is 0.116. The van der Waals surface area contributed by atoms with Gasteiger partial charge >= 0.3 is 0 Å². The zero-order valence-electron chi connectivity index (χ0n) is 10.9. The number of hydrogen-bond acceptors (Lipinski definition) is 1. The van der Waals surface area contributed by atoms with Crippen LogP contribution in [0.25, 0.3) is 10.8 Å². The molecule has 0 spiro atoms. The van der Waals surface area contributed by atoms with Gasteiger partial charge in [-0.25, -0.2) is 0 Å². The van der Waals surface area contributed by atoms with Gasteiger partial charge in [0.05, 0.1) is 5.92 Å². The number of β-lactam (4-membered cyclic amide) rings is 1. The molecule has 0 aliphatic carbocycles. The van der Waals surface area contributed by atoms with E-state index in [0.717, 1.165) is 6.54 Å². The average Bonchev–Trinajstić information content (AvgIpc) is 2.47. The Hall–Kier alpha value is -1.83. The highest BCUT2D eigenvalue weighted by Crippen LogP contribution is 2.41. The number of carbonyl (C=O) groups is 1. The van der Waals surface area contributed by atoms with E-state index in [9.17, 15) is 4.79 Å². The molecule has 19 heavy (non-hydrogen) atoms. The molecule has 2 fully saturated rings. The van der Waals surface area contributed by atoms with Gasteiger partial charge in [-0.05, 0) is 35.6 Å². The Kier molecular flexibility index (Phi) is 2.37. The maximum absolute atomic E-state index is 12.3. The Bertz CT molecular complexity index is 649. The quantitative estimate of drug-likeness (QED) is 0.712. The standard InChI is InChI=1S/C17H17NO/c19-17-16(15-7-3-4-10-18(15)17)14-9-8-12-5-1-2-6-13(12)11-14/h1-2,5-6,8-9,11,15-16H,3-4,7,10H2/t15-,16+/m1/s1. The van der Waals surface area contributed by atoms with Crippen molar-refractivity contribution in [1.82, 2.24) is 4.90 Å². The molecule has 2 heteroatoms. The van der Waals surface area contributed by atoms with E-state index in [0.29, 0.717) is 11.9 Å². The zero-order valence-corrected chi connectivity index (χ0v) is 10.9. The van der Waals surface area contributed by atoms with Gasteiger partial charge in [-0.3, -0.25) is 4.79 Å². The van der Waals surface area contributed by atoms with Crippen LogP contribution < -0.4 is 0 Å². The van der Waals surface area contributed by atoms with Crippen LogP contribution in [0.1, 0.15) is 30.7 Å². The number of amides is 1. The van der Waals surface area contributed by atoms with Crippen LogP contribution in [-0.2, 0) is 4.79 Å². The molecule has 4 rings (SSSR count). The van der Waals surface area contributed by atoms with Crippen molar-refractivity contribution in [3.63, 3.8) is 0 Å². The van der Waals surface area contributed by atoms with Crippen LogP contribution in [0.4, 0.5) is 0 Å². The van der Waals surface area contributed by atoms with Crippen LogP contribution in [0.15, 0.2) is 42.5 Å². The predicted molar refractivity (Wildman–Crippen MR) is 76.0 cm³/mol. The fourth-order valence-corrected chi connectivity index (χ4v) is 3.60. The van der Waals surface area contributed by atoms with Gasteiger partial charge in [-0.15, -0.1) is 0 Å². The van der Waals surface area contributed by atoms with Gasteiger partial charge in [0, 0.05) is 12.6 Å². The molecule has 2 aliphatic rings. The van der Waals surface area contributed by atoms with E-state index in [2.05, 4.69) is 47.4 Å². The first-order valence-corrected chi connectivity index (χ1v) is 7.14. The first-order chi connectivity index (χ1) is 9.34. The van der Waals surface area contributed by atoms with E-state index < -0.39 is 0 Å². The van der Waals surface area contributed by atoms with Crippen molar-refractivity contribution in [3.8, 4) is 0 Å². The van der Waals surface area contributed by atoms with Gasteiger partial charge in [-0.2, -0.15) is 0 Å². The highest BCUT2D eigenvalue weighted by atomic mass is 16.2. The van der Waals surface area contributed by atoms with Gasteiger partial charge in [-0.1, -0.05) is 42.5 Å². The summed E-state index contributed by atoms with van der Waals surface area (Å²) in [6.07, 6.45) is 3.61. The van der Waals surface area contributed by atoms with E-state index in [1.54, 1.807) is 0 Å². The molecule has 2 heterocycles. The largest absolute Gasteiger partial charge is 0.338 e.